The third-order valence-electron chi connectivity index (χ3n) is 0.172. The van der Waals surface area contributed by atoms with Crippen LogP contribution in [0.25, 0.3) is 0 Å². The number of hydrogen-bond acceptors (Lipinski definition) is 7. The van der Waals surface area contributed by atoms with Crippen LogP contribution in [0.1, 0.15) is 0 Å². The third kappa shape index (κ3) is 60.3. The summed E-state index contributed by atoms with van der Waals surface area (Å²) >= 11 is -11.5. The van der Waals surface area contributed by atoms with Gasteiger partial charge in [0, 0.05) is 0 Å². The summed E-state index contributed by atoms with van der Waals surface area (Å²) in [6.45, 7) is 0. The van der Waals surface area contributed by atoms with Crippen LogP contribution in [-0.2, 0) is 55.7 Å². The summed E-state index contributed by atoms with van der Waals surface area (Å²) in [5.41, 5.74) is 0. The van der Waals surface area contributed by atoms with Crippen molar-refractivity contribution in [3.63, 3.8) is 0 Å². The van der Waals surface area contributed by atoms with Crippen LogP contribution in [0.2, 0.25) is 0 Å². The van der Waals surface area contributed by atoms with E-state index in [1.807, 2.05) is 0 Å². The first kappa shape index (κ1) is 25.7. The van der Waals surface area contributed by atoms with E-state index < -0.39 is 37.6 Å². The summed E-state index contributed by atoms with van der Waals surface area (Å²) in [7, 11) is -4.67. The zero-order valence-electron chi connectivity index (χ0n) is 7.25. The van der Waals surface area contributed by atoms with Gasteiger partial charge in [0.25, 0.3) is 0 Å². The van der Waals surface area contributed by atoms with E-state index in [2.05, 4.69) is 2.84 Å². The summed E-state index contributed by atoms with van der Waals surface area (Å²) < 4.78 is 87.8. The predicted molar refractivity (Wildman–Crippen MR) is 22.4 cm³/mol. The number of rotatable bonds is 2. The van der Waals surface area contributed by atoms with Crippen LogP contribution >= 0.6 is 0 Å². The van der Waals surface area contributed by atoms with Gasteiger partial charge >= 0.3 is 93.6 Å². The van der Waals surface area contributed by atoms with Crippen molar-refractivity contribution in [1.29, 1.82) is 0 Å². The monoisotopic (exact) mass is 358 g/mol. The van der Waals surface area contributed by atoms with Gasteiger partial charge in [-0.05, 0) is 0 Å². The molecular formula is H4Cr2FNaO11S. The van der Waals surface area contributed by atoms with Gasteiger partial charge < -0.3 is 4.70 Å². The molecule has 0 heterocycles. The van der Waals surface area contributed by atoms with Crippen LogP contribution < -0.4 is 34.3 Å². The summed E-state index contributed by atoms with van der Waals surface area (Å²) in [6, 6.07) is 0. The second kappa shape index (κ2) is 8.95. The SMILES string of the molecule is O=S(=O)(O)O.[F-].[Na+].[O]=[Cr](=[O])([OH])[O][Cr](=[O])(=[O])[OH]. The van der Waals surface area contributed by atoms with Gasteiger partial charge in [0.1, 0.15) is 0 Å². The molecule has 0 atom stereocenters. The van der Waals surface area contributed by atoms with E-state index in [9.17, 15) is 15.2 Å². The Morgan fingerprint density at radius 2 is 1.00 bits per heavy atom. The molecule has 0 aliphatic heterocycles. The van der Waals surface area contributed by atoms with Crippen molar-refractivity contribution in [2.24, 2.45) is 0 Å². The predicted octanol–water partition coefficient (Wildman–Crippen LogP) is -8.31. The molecule has 96 valence electrons. The topological polar surface area (TPSA) is 193 Å². The molecule has 0 aliphatic rings. The van der Waals surface area contributed by atoms with Crippen LogP contribution in [0.15, 0.2) is 0 Å². The number of halogens is 1. The Bertz CT molecular complexity index is 416. The molecular weight excluding hydrogens is 354 g/mol. The standard InChI is InChI=1S/2Cr.FH.Na.H2O4S.2H2O.5O/c;;;;1-5(2,3)4;;;;;;;/h;;1H;;(H2,1,2,3,4);2*1H2;;;;;/q2*+1;;+1;;;;;;;;/p-3. The van der Waals surface area contributed by atoms with E-state index in [0.29, 0.717) is 0 Å². The van der Waals surface area contributed by atoms with E-state index >= 15 is 0 Å². The Morgan fingerprint density at radius 1 is 0.875 bits per heavy atom. The van der Waals surface area contributed by atoms with Gasteiger partial charge in [0.15, 0.2) is 0 Å². The van der Waals surface area contributed by atoms with Crippen molar-refractivity contribution in [2.75, 3.05) is 0 Å². The first-order chi connectivity index (χ1) is 5.71. The van der Waals surface area contributed by atoms with Gasteiger partial charge in [-0.15, -0.1) is 0 Å². The second-order valence-electron chi connectivity index (χ2n) is 1.37. The molecule has 0 aromatic heterocycles. The van der Waals surface area contributed by atoms with Gasteiger partial charge in [0.2, 0.25) is 0 Å². The molecule has 0 aliphatic carbocycles. The van der Waals surface area contributed by atoms with Gasteiger partial charge in [-0.25, -0.2) is 0 Å². The molecule has 16 heteroatoms. The second-order valence-corrected chi connectivity index (χ2v) is 6.03. The van der Waals surface area contributed by atoms with Crippen LogP contribution in [0.3, 0.4) is 0 Å². The fourth-order valence-electron chi connectivity index (χ4n) is 0.109. The van der Waals surface area contributed by atoms with E-state index in [1.165, 1.54) is 0 Å². The number of hydrogen-bond donors (Lipinski definition) is 4. The Hall–Kier alpha value is 0.945. The van der Waals surface area contributed by atoms with Gasteiger partial charge in [-0.3, -0.25) is 9.11 Å². The molecule has 0 bridgehead atoms. The molecule has 0 radical (unpaired) electrons. The average molecular weight is 358 g/mol. The van der Waals surface area contributed by atoms with Crippen molar-refractivity contribution >= 4 is 10.4 Å². The Morgan fingerprint density at radius 3 is 1.00 bits per heavy atom. The van der Waals surface area contributed by atoms with E-state index in [1.54, 1.807) is 0 Å². The van der Waals surface area contributed by atoms with Crippen LogP contribution in [0.5, 0.6) is 0 Å². The Kier molecular flexibility index (Phi) is 14.4. The van der Waals surface area contributed by atoms with E-state index in [4.69, 9.17) is 25.8 Å². The first-order valence-electron chi connectivity index (χ1n) is 2.06. The fourth-order valence-corrected chi connectivity index (χ4v) is 1.85. The van der Waals surface area contributed by atoms with Crippen molar-refractivity contribution in [2.45, 2.75) is 0 Å². The molecule has 0 saturated carbocycles. The molecule has 4 N–H and O–H groups in total. The average Bonchev–Trinajstić information content (AvgIpc) is 1.42. The van der Waals surface area contributed by atoms with Gasteiger partial charge in [0.05, 0.1) is 0 Å². The van der Waals surface area contributed by atoms with Crippen LogP contribution in [-0.4, -0.2) is 25.8 Å². The molecule has 0 rings (SSSR count). The molecule has 0 amide bonds. The molecule has 16 heavy (non-hydrogen) atoms. The van der Waals surface area contributed by atoms with Crippen LogP contribution in [0, 0.1) is 0 Å². The fraction of sp³-hybridized carbons (Fsp3) is 0. The quantitative estimate of drug-likeness (QED) is 0.270. The summed E-state index contributed by atoms with van der Waals surface area (Å²) in [5.74, 6) is 0. The van der Waals surface area contributed by atoms with Crippen molar-refractivity contribution in [3.8, 4) is 0 Å². The van der Waals surface area contributed by atoms with Gasteiger partial charge in [-0.1, -0.05) is 0 Å². The van der Waals surface area contributed by atoms with Gasteiger partial charge in [-0.2, -0.15) is 8.42 Å². The molecule has 0 aromatic carbocycles. The minimum atomic E-state index is -5.76. The minimum absolute atomic E-state index is 0. The summed E-state index contributed by atoms with van der Waals surface area (Å²) in [4.78, 5) is 0. The molecule has 0 saturated heterocycles. The Balaban J connectivity index is -0.0000000904. The zero-order valence-corrected chi connectivity index (χ0v) is 12.6. The summed E-state index contributed by atoms with van der Waals surface area (Å²) in [6.07, 6.45) is 0. The molecule has 0 unspecified atom stereocenters. The molecule has 0 aromatic rings. The summed E-state index contributed by atoms with van der Waals surface area (Å²) in [5, 5.41) is 0. The molecule has 0 spiro atoms. The first-order valence-corrected chi connectivity index (χ1v) is 7.72. The normalized spacial score (nSPS) is 11.2. The van der Waals surface area contributed by atoms with E-state index in [0.717, 1.165) is 0 Å². The Labute approximate surface area is 115 Å². The van der Waals surface area contributed by atoms with Crippen molar-refractivity contribution in [3.05, 3.63) is 0 Å². The molecule has 0 fully saturated rings. The zero-order chi connectivity index (χ0) is 12.2. The van der Waals surface area contributed by atoms with Crippen LogP contribution in [0.4, 0.5) is 0 Å². The van der Waals surface area contributed by atoms with Crippen molar-refractivity contribution < 1.29 is 105 Å². The third-order valence-corrected chi connectivity index (χ3v) is 2.92. The van der Waals surface area contributed by atoms with Crippen molar-refractivity contribution in [1.82, 2.24) is 0 Å². The maximum absolute atomic E-state index is 9.53. The van der Waals surface area contributed by atoms with E-state index in [-0.39, 0.29) is 34.3 Å². The molecule has 11 nitrogen and oxygen atoms in total. The maximum atomic E-state index is 9.53.